The van der Waals surface area contributed by atoms with Gasteiger partial charge in [-0.15, -0.1) is 0 Å². The zero-order chi connectivity index (χ0) is 32.0. The summed E-state index contributed by atoms with van der Waals surface area (Å²) in [5, 5.41) is 28.1. The van der Waals surface area contributed by atoms with Crippen molar-refractivity contribution in [2.75, 3.05) is 44.4 Å². The third kappa shape index (κ3) is 12.6. The Kier molecular flexibility index (Phi) is 13.8. The van der Waals surface area contributed by atoms with Crippen LogP contribution in [0.5, 0.6) is 11.5 Å². The van der Waals surface area contributed by atoms with E-state index in [0.29, 0.717) is 43.6 Å². The molecular weight excluding hydrogens is 575 g/mol. The normalized spacial score (nSPS) is 13.2. The number of aliphatic carboxylic acids is 2. The van der Waals surface area contributed by atoms with E-state index in [-0.39, 0.29) is 30.8 Å². The molecule has 0 unspecified atom stereocenters. The molecule has 43 heavy (non-hydrogen) atoms. The summed E-state index contributed by atoms with van der Waals surface area (Å²) in [4.78, 5) is 33.3. The third-order valence-corrected chi connectivity index (χ3v) is 6.07. The molecule has 1 aliphatic rings. The first kappa shape index (κ1) is 34.9. The van der Waals surface area contributed by atoms with Crippen LogP contribution in [0.2, 0.25) is 0 Å². The lowest BCUT2D eigenvalue weighted by Crippen LogP contribution is -2.32. The summed E-state index contributed by atoms with van der Waals surface area (Å²) in [7, 11) is 0. The van der Waals surface area contributed by atoms with Gasteiger partial charge in [-0.25, -0.2) is 9.59 Å². The predicted octanol–water partition coefficient (Wildman–Crippen LogP) is 2.78. The Hall–Kier alpha value is -4.30. The van der Waals surface area contributed by atoms with Crippen molar-refractivity contribution in [1.29, 1.82) is 0 Å². The van der Waals surface area contributed by atoms with Crippen LogP contribution in [0.15, 0.2) is 48.6 Å². The molecule has 3 rings (SSSR count). The number of carbonyl (C=O) groups excluding carboxylic acids is 1. The molecule has 236 valence electrons. The Morgan fingerprint density at radius 2 is 1.72 bits per heavy atom. The SMILES string of the molecule is C[C@H](Cc1cc2c(c(C(N)=O)c1)N(CCCO)CC2)NCCOc1ccccc1OCC(F)(F)F.O=C(O)/C=C\C(=O)O. The van der Waals surface area contributed by atoms with E-state index >= 15 is 0 Å². The summed E-state index contributed by atoms with van der Waals surface area (Å²) in [6.45, 7) is 2.89. The number of nitrogens with two attached hydrogens (primary N) is 1. The molecule has 0 spiro atoms. The first-order valence-electron chi connectivity index (χ1n) is 13.4. The number of carboxylic acid groups (broad SMARTS) is 2. The van der Waals surface area contributed by atoms with E-state index in [2.05, 4.69) is 16.3 Å². The average molecular weight is 612 g/mol. The van der Waals surface area contributed by atoms with Crippen LogP contribution in [0.25, 0.3) is 0 Å². The number of benzene rings is 2. The number of hydrogen-bond donors (Lipinski definition) is 5. The van der Waals surface area contributed by atoms with E-state index < -0.39 is 30.6 Å². The van der Waals surface area contributed by atoms with Gasteiger partial charge in [-0.1, -0.05) is 18.2 Å². The number of carbonyl (C=O) groups is 3. The van der Waals surface area contributed by atoms with Crippen LogP contribution in [0, 0.1) is 0 Å². The number of nitrogens with one attached hydrogen (secondary N) is 1. The molecule has 1 heterocycles. The fraction of sp³-hybridized carbons (Fsp3) is 0.414. The smallest absolute Gasteiger partial charge is 0.422 e. The molecule has 2 aromatic rings. The second-order valence-corrected chi connectivity index (χ2v) is 9.60. The molecule has 0 radical (unpaired) electrons. The monoisotopic (exact) mass is 611 g/mol. The maximum Gasteiger partial charge on any atom is 0.422 e. The van der Waals surface area contributed by atoms with Crippen LogP contribution >= 0.6 is 0 Å². The van der Waals surface area contributed by atoms with E-state index in [1.807, 2.05) is 13.0 Å². The number of primary amides is 1. The Bertz CT molecular complexity index is 1250. The molecule has 1 aliphatic heterocycles. The van der Waals surface area contributed by atoms with Crippen LogP contribution in [0.1, 0.15) is 34.8 Å². The van der Waals surface area contributed by atoms with Gasteiger partial charge in [-0.2, -0.15) is 13.2 Å². The molecule has 1 atom stereocenters. The Balaban J connectivity index is 0.000000708. The summed E-state index contributed by atoms with van der Waals surface area (Å²) >= 11 is 0. The highest BCUT2D eigenvalue weighted by atomic mass is 19.4. The molecular formula is C29H36F3N3O8. The number of rotatable bonds is 15. The summed E-state index contributed by atoms with van der Waals surface area (Å²) < 4.78 is 47.8. The minimum atomic E-state index is -4.42. The van der Waals surface area contributed by atoms with Gasteiger partial charge < -0.3 is 40.7 Å². The van der Waals surface area contributed by atoms with E-state index in [0.717, 1.165) is 29.8 Å². The summed E-state index contributed by atoms with van der Waals surface area (Å²) in [5.41, 5.74) is 9.12. The fourth-order valence-corrected chi connectivity index (χ4v) is 4.37. The molecule has 0 bridgehead atoms. The molecule has 0 saturated heterocycles. The number of ether oxygens (including phenoxy) is 2. The maximum absolute atomic E-state index is 12.4. The van der Waals surface area contributed by atoms with Crippen molar-refractivity contribution in [3.63, 3.8) is 0 Å². The van der Waals surface area contributed by atoms with E-state index in [4.69, 9.17) is 30.5 Å². The number of carboxylic acids is 2. The highest BCUT2D eigenvalue weighted by Gasteiger charge is 2.29. The van der Waals surface area contributed by atoms with Crippen molar-refractivity contribution in [1.82, 2.24) is 5.32 Å². The lowest BCUT2D eigenvalue weighted by atomic mass is 9.98. The number of para-hydroxylation sites is 2. The van der Waals surface area contributed by atoms with Crippen LogP contribution in [0.3, 0.4) is 0 Å². The van der Waals surface area contributed by atoms with E-state index in [1.54, 1.807) is 18.2 Å². The molecule has 0 saturated carbocycles. The zero-order valence-electron chi connectivity index (χ0n) is 23.6. The number of aliphatic hydroxyl groups excluding tert-OH is 1. The number of alkyl halides is 3. The highest BCUT2D eigenvalue weighted by Crippen LogP contribution is 2.33. The second kappa shape index (κ2) is 17.0. The van der Waals surface area contributed by atoms with Gasteiger partial charge in [-0.05, 0) is 55.5 Å². The number of halogens is 3. The highest BCUT2D eigenvalue weighted by molar-refractivity contribution is 6.00. The number of nitrogens with zero attached hydrogens (tertiary/aromatic N) is 1. The molecule has 0 aliphatic carbocycles. The fourth-order valence-electron chi connectivity index (χ4n) is 4.37. The van der Waals surface area contributed by atoms with Crippen molar-refractivity contribution < 1.29 is 52.3 Å². The minimum Gasteiger partial charge on any atom is -0.488 e. The molecule has 1 amide bonds. The van der Waals surface area contributed by atoms with Crippen molar-refractivity contribution in [2.24, 2.45) is 5.73 Å². The lowest BCUT2D eigenvalue weighted by Gasteiger charge is -2.22. The third-order valence-electron chi connectivity index (χ3n) is 6.07. The first-order valence-corrected chi connectivity index (χ1v) is 13.4. The summed E-state index contributed by atoms with van der Waals surface area (Å²) in [5.74, 6) is -2.69. The van der Waals surface area contributed by atoms with Gasteiger partial charge in [-0.3, -0.25) is 4.79 Å². The first-order chi connectivity index (χ1) is 20.3. The maximum atomic E-state index is 12.4. The molecule has 0 aromatic heterocycles. The number of anilines is 1. The zero-order valence-corrected chi connectivity index (χ0v) is 23.6. The average Bonchev–Trinajstić information content (AvgIpc) is 3.34. The standard InChI is InChI=1S/C25H32F3N3O4.C4H4O4/c1-17(30-8-12-34-21-5-2-3-6-22(21)35-16-25(26,27)28)13-18-14-19-7-10-31(9-4-11-32)23(19)20(15-18)24(29)33;5-3(6)1-2-4(7)8/h2-3,5-6,14-15,17,30,32H,4,7-13,16H2,1H3,(H2,29,33);1-2H,(H,5,6)(H,7,8)/b;2-1-/t17-;/m1./s1. The van der Waals surface area contributed by atoms with Crippen LogP contribution in [-0.2, 0) is 22.4 Å². The Labute approximate surface area is 246 Å². The molecule has 2 aromatic carbocycles. The van der Waals surface area contributed by atoms with E-state index in [9.17, 15) is 27.6 Å². The van der Waals surface area contributed by atoms with Crippen molar-refractivity contribution in [3.05, 3.63) is 65.2 Å². The lowest BCUT2D eigenvalue weighted by molar-refractivity contribution is -0.153. The number of hydrogen-bond acceptors (Lipinski definition) is 8. The number of aliphatic hydroxyl groups is 1. The van der Waals surface area contributed by atoms with Gasteiger partial charge in [0.1, 0.15) is 6.61 Å². The van der Waals surface area contributed by atoms with Crippen molar-refractivity contribution in [2.45, 2.75) is 38.4 Å². The summed E-state index contributed by atoms with van der Waals surface area (Å²) in [6.07, 6.45) is -1.20. The Morgan fingerprint density at radius 3 is 2.28 bits per heavy atom. The summed E-state index contributed by atoms with van der Waals surface area (Å²) in [6, 6.07) is 10.2. The largest absolute Gasteiger partial charge is 0.488 e. The van der Waals surface area contributed by atoms with Crippen molar-refractivity contribution >= 4 is 23.5 Å². The number of amides is 1. The van der Waals surface area contributed by atoms with E-state index in [1.165, 1.54) is 6.07 Å². The Morgan fingerprint density at radius 1 is 1.09 bits per heavy atom. The van der Waals surface area contributed by atoms with Gasteiger partial charge in [0.2, 0.25) is 0 Å². The van der Waals surface area contributed by atoms with Crippen molar-refractivity contribution in [3.8, 4) is 11.5 Å². The van der Waals surface area contributed by atoms with Gasteiger partial charge in [0.25, 0.3) is 5.91 Å². The number of fused-ring (bicyclic) bond motifs is 1. The van der Waals surface area contributed by atoms with Gasteiger partial charge in [0.05, 0.1) is 11.3 Å². The quantitative estimate of drug-likeness (QED) is 0.149. The molecule has 14 heteroatoms. The molecule has 11 nitrogen and oxygen atoms in total. The van der Waals surface area contributed by atoms with Crippen LogP contribution in [0.4, 0.5) is 18.9 Å². The predicted molar refractivity (Wildman–Crippen MR) is 152 cm³/mol. The van der Waals surface area contributed by atoms with Crippen LogP contribution in [-0.4, -0.2) is 84.8 Å². The molecule has 0 fully saturated rings. The minimum absolute atomic E-state index is 0.0445. The van der Waals surface area contributed by atoms with Gasteiger partial charge in [0, 0.05) is 44.4 Å². The van der Waals surface area contributed by atoms with Gasteiger partial charge >= 0.3 is 18.1 Å². The molecule has 6 N–H and O–H groups in total. The van der Waals surface area contributed by atoms with Crippen LogP contribution < -0.4 is 25.4 Å². The topological polar surface area (TPSA) is 172 Å². The van der Waals surface area contributed by atoms with Gasteiger partial charge in [0.15, 0.2) is 18.1 Å². The second-order valence-electron chi connectivity index (χ2n) is 9.60.